The Bertz CT molecular complexity index is 509. The molecule has 0 heterocycles. The predicted molar refractivity (Wildman–Crippen MR) is 84.3 cm³/mol. The van der Waals surface area contributed by atoms with Crippen molar-refractivity contribution < 1.29 is 19.4 Å². The van der Waals surface area contributed by atoms with Crippen LogP contribution in [0.2, 0.25) is 0 Å². The first-order chi connectivity index (χ1) is 10.3. The quantitative estimate of drug-likeness (QED) is 0.673. The number of carboxylic acid groups (broad SMARTS) is 1. The second-order valence-electron chi connectivity index (χ2n) is 5.95. The normalized spacial score (nSPS) is 10.9. The van der Waals surface area contributed by atoms with Crippen LogP contribution in [0.25, 0.3) is 0 Å². The van der Waals surface area contributed by atoms with Gasteiger partial charge in [0, 0.05) is 6.54 Å². The largest absolute Gasteiger partial charge is 0.492 e. The number of urea groups is 1. The predicted octanol–water partition coefficient (Wildman–Crippen LogP) is 2.14. The van der Waals surface area contributed by atoms with Gasteiger partial charge >= 0.3 is 12.0 Å². The summed E-state index contributed by atoms with van der Waals surface area (Å²) in [4.78, 5) is 21.7. The molecule has 22 heavy (non-hydrogen) atoms. The Balaban J connectivity index is 2.27. The Morgan fingerprint density at radius 1 is 1.18 bits per heavy atom. The van der Waals surface area contributed by atoms with Crippen LogP contribution in [0.4, 0.5) is 4.79 Å². The lowest BCUT2D eigenvalue weighted by atomic mass is 9.87. The zero-order valence-corrected chi connectivity index (χ0v) is 13.3. The molecular weight excluding hydrogens is 284 g/mol. The molecule has 2 amide bonds. The highest BCUT2D eigenvalue weighted by molar-refractivity contribution is 5.74. The van der Waals surface area contributed by atoms with Crippen molar-refractivity contribution >= 4 is 12.0 Å². The molecule has 0 bridgehead atoms. The van der Waals surface area contributed by atoms with Gasteiger partial charge in [0.05, 0.1) is 13.0 Å². The zero-order chi connectivity index (χ0) is 16.6. The van der Waals surface area contributed by atoms with Gasteiger partial charge in [0.2, 0.25) is 0 Å². The lowest BCUT2D eigenvalue weighted by molar-refractivity contribution is -0.136. The molecule has 6 heteroatoms. The maximum absolute atomic E-state index is 11.4. The maximum Gasteiger partial charge on any atom is 0.314 e. The van der Waals surface area contributed by atoms with Gasteiger partial charge in [-0.3, -0.25) is 4.79 Å². The van der Waals surface area contributed by atoms with Crippen LogP contribution in [0.5, 0.6) is 5.75 Å². The molecule has 0 saturated heterocycles. The summed E-state index contributed by atoms with van der Waals surface area (Å²) in [5.41, 5.74) is 1.24. The number of amides is 2. The van der Waals surface area contributed by atoms with Crippen LogP contribution >= 0.6 is 0 Å². The Kier molecular flexibility index (Phi) is 6.69. The third-order valence-corrected chi connectivity index (χ3v) is 2.98. The standard InChI is InChI=1S/C16H24N2O4/c1-16(2,3)12-5-4-6-13(11-12)22-10-9-18-15(21)17-8-7-14(19)20/h4-6,11H,7-10H2,1-3H3,(H,19,20)(H2,17,18,21). The van der Waals surface area contributed by atoms with Crippen molar-refractivity contribution in [1.82, 2.24) is 10.6 Å². The van der Waals surface area contributed by atoms with Gasteiger partial charge in [0.1, 0.15) is 12.4 Å². The molecule has 0 spiro atoms. The second-order valence-corrected chi connectivity index (χ2v) is 5.95. The second kappa shape index (κ2) is 8.26. The fraction of sp³-hybridized carbons (Fsp3) is 0.500. The Morgan fingerprint density at radius 2 is 1.86 bits per heavy atom. The van der Waals surface area contributed by atoms with Crippen molar-refractivity contribution in [2.24, 2.45) is 0 Å². The van der Waals surface area contributed by atoms with Gasteiger partial charge in [-0.05, 0) is 23.1 Å². The number of benzene rings is 1. The van der Waals surface area contributed by atoms with E-state index in [0.717, 1.165) is 5.75 Å². The number of nitrogens with one attached hydrogen (secondary N) is 2. The fourth-order valence-electron chi connectivity index (χ4n) is 1.73. The molecule has 0 aliphatic rings. The van der Waals surface area contributed by atoms with Crippen LogP contribution in [-0.4, -0.2) is 36.8 Å². The maximum atomic E-state index is 11.4. The summed E-state index contributed by atoms with van der Waals surface area (Å²) in [6.45, 7) is 7.20. The Labute approximate surface area is 130 Å². The number of aliphatic carboxylic acids is 1. The number of rotatable bonds is 7. The van der Waals surface area contributed by atoms with E-state index >= 15 is 0 Å². The van der Waals surface area contributed by atoms with Crippen LogP contribution in [0.3, 0.4) is 0 Å². The summed E-state index contributed by atoms with van der Waals surface area (Å²) in [7, 11) is 0. The number of carbonyl (C=O) groups excluding carboxylic acids is 1. The van der Waals surface area contributed by atoms with Gasteiger partial charge < -0.3 is 20.5 Å². The monoisotopic (exact) mass is 308 g/mol. The highest BCUT2D eigenvalue weighted by Crippen LogP contribution is 2.25. The summed E-state index contributed by atoms with van der Waals surface area (Å²) in [5, 5.41) is 13.5. The number of hydrogen-bond acceptors (Lipinski definition) is 3. The zero-order valence-electron chi connectivity index (χ0n) is 13.3. The first-order valence-electron chi connectivity index (χ1n) is 7.26. The van der Waals surface area contributed by atoms with Crippen molar-refractivity contribution in [3.63, 3.8) is 0 Å². The van der Waals surface area contributed by atoms with E-state index in [2.05, 4.69) is 37.5 Å². The smallest absolute Gasteiger partial charge is 0.314 e. The van der Waals surface area contributed by atoms with Gasteiger partial charge in [-0.1, -0.05) is 32.9 Å². The highest BCUT2D eigenvalue weighted by Gasteiger charge is 2.13. The summed E-state index contributed by atoms with van der Waals surface area (Å²) >= 11 is 0. The Hall–Kier alpha value is -2.24. The molecule has 0 aliphatic heterocycles. The molecule has 0 unspecified atom stereocenters. The van der Waals surface area contributed by atoms with Crippen molar-refractivity contribution in [1.29, 1.82) is 0 Å². The van der Waals surface area contributed by atoms with E-state index in [-0.39, 0.29) is 18.4 Å². The SMILES string of the molecule is CC(C)(C)c1cccc(OCCNC(=O)NCCC(=O)O)c1. The molecular formula is C16H24N2O4. The summed E-state index contributed by atoms with van der Waals surface area (Å²) in [6, 6.07) is 7.48. The topological polar surface area (TPSA) is 87.7 Å². The van der Waals surface area contributed by atoms with E-state index in [1.807, 2.05) is 18.2 Å². The fourth-order valence-corrected chi connectivity index (χ4v) is 1.73. The van der Waals surface area contributed by atoms with Crippen molar-refractivity contribution in [2.45, 2.75) is 32.6 Å². The van der Waals surface area contributed by atoms with E-state index < -0.39 is 12.0 Å². The van der Waals surface area contributed by atoms with Crippen molar-refractivity contribution in [3.05, 3.63) is 29.8 Å². The van der Waals surface area contributed by atoms with Crippen molar-refractivity contribution in [2.75, 3.05) is 19.7 Å². The Morgan fingerprint density at radius 3 is 2.50 bits per heavy atom. The molecule has 0 fully saturated rings. The van der Waals surface area contributed by atoms with E-state index in [4.69, 9.17) is 9.84 Å². The number of ether oxygens (including phenoxy) is 1. The minimum atomic E-state index is -0.942. The highest BCUT2D eigenvalue weighted by atomic mass is 16.5. The summed E-state index contributed by atoms with van der Waals surface area (Å²) in [6.07, 6.45) is -0.0937. The van der Waals surface area contributed by atoms with Gasteiger partial charge in [-0.2, -0.15) is 0 Å². The van der Waals surface area contributed by atoms with Crippen LogP contribution in [0.1, 0.15) is 32.8 Å². The molecule has 1 aromatic rings. The molecule has 0 radical (unpaired) electrons. The lowest BCUT2D eigenvalue weighted by Crippen LogP contribution is -2.38. The van der Waals surface area contributed by atoms with Gasteiger partial charge in [-0.25, -0.2) is 4.79 Å². The first kappa shape index (κ1) is 17.8. The number of hydrogen-bond donors (Lipinski definition) is 3. The molecule has 1 aromatic carbocycles. The van der Waals surface area contributed by atoms with Crippen molar-refractivity contribution in [3.8, 4) is 5.75 Å². The van der Waals surface area contributed by atoms with E-state index in [1.54, 1.807) is 0 Å². The van der Waals surface area contributed by atoms with E-state index in [9.17, 15) is 9.59 Å². The molecule has 122 valence electrons. The third kappa shape index (κ3) is 6.97. The molecule has 0 atom stereocenters. The van der Waals surface area contributed by atoms with Crippen LogP contribution in [0, 0.1) is 0 Å². The molecule has 1 rings (SSSR count). The molecule has 6 nitrogen and oxygen atoms in total. The van der Waals surface area contributed by atoms with Crippen LogP contribution in [-0.2, 0) is 10.2 Å². The average molecular weight is 308 g/mol. The molecule has 3 N–H and O–H groups in total. The van der Waals surface area contributed by atoms with Gasteiger partial charge in [0.15, 0.2) is 0 Å². The molecule has 0 aromatic heterocycles. The summed E-state index contributed by atoms with van der Waals surface area (Å²) in [5.74, 6) is -0.178. The first-order valence-corrected chi connectivity index (χ1v) is 7.26. The van der Waals surface area contributed by atoms with Gasteiger partial charge in [-0.15, -0.1) is 0 Å². The number of carboxylic acids is 1. The van der Waals surface area contributed by atoms with Gasteiger partial charge in [0.25, 0.3) is 0 Å². The minimum Gasteiger partial charge on any atom is -0.492 e. The molecule has 0 aliphatic carbocycles. The minimum absolute atomic E-state index is 0.0572. The lowest BCUT2D eigenvalue weighted by Gasteiger charge is -2.19. The van der Waals surface area contributed by atoms with Crippen LogP contribution < -0.4 is 15.4 Å². The number of carbonyl (C=O) groups is 2. The van der Waals surface area contributed by atoms with E-state index in [1.165, 1.54) is 5.56 Å². The third-order valence-electron chi connectivity index (χ3n) is 2.98. The molecule has 0 saturated carbocycles. The van der Waals surface area contributed by atoms with Crippen LogP contribution in [0.15, 0.2) is 24.3 Å². The average Bonchev–Trinajstić information content (AvgIpc) is 2.42. The van der Waals surface area contributed by atoms with E-state index in [0.29, 0.717) is 13.2 Å². The summed E-state index contributed by atoms with van der Waals surface area (Å²) < 4.78 is 5.60.